The van der Waals surface area contributed by atoms with E-state index in [0.717, 1.165) is 19.5 Å². The Bertz CT molecular complexity index is 549. The van der Waals surface area contributed by atoms with Crippen LogP contribution in [-0.4, -0.2) is 22.7 Å². The van der Waals surface area contributed by atoms with Gasteiger partial charge in [0.2, 0.25) is 0 Å². The zero-order valence-corrected chi connectivity index (χ0v) is 12.1. The van der Waals surface area contributed by atoms with Crippen molar-refractivity contribution in [3.05, 3.63) is 47.5 Å². The standard InChI is InChI=1S/C14H16ClF2N3O/c15-12-2-3-13(21-14(16)17)11(8-12)9-18-4-1-6-20-7-5-19-10-20/h2-3,5,7-8,10,14,18H,1,4,6,9H2. The van der Waals surface area contributed by atoms with E-state index in [1.54, 1.807) is 18.6 Å². The largest absolute Gasteiger partial charge is 0.434 e. The van der Waals surface area contributed by atoms with E-state index in [0.29, 0.717) is 17.1 Å². The van der Waals surface area contributed by atoms with Crippen LogP contribution in [0.2, 0.25) is 5.02 Å². The molecule has 7 heteroatoms. The molecule has 21 heavy (non-hydrogen) atoms. The van der Waals surface area contributed by atoms with E-state index in [1.807, 2.05) is 10.8 Å². The van der Waals surface area contributed by atoms with Gasteiger partial charge in [-0.25, -0.2) is 4.98 Å². The summed E-state index contributed by atoms with van der Waals surface area (Å²) in [5, 5.41) is 3.68. The van der Waals surface area contributed by atoms with Gasteiger partial charge in [-0.2, -0.15) is 8.78 Å². The summed E-state index contributed by atoms with van der Waals surface area (Å²) in [5.74, 6) is 0.150. The fourth-order valence-electron chi connectivity index (χ4n) is 1.93. The Morgan fingerprint density at radius 2 is 2.24 bits per heavy atom. The van der Waals surface area contributed by atoms with Crippen LogP contribution in [0.1, 0.15) is 12.0 Å². The second-order valence-corrected chi connectivity index (χ2v) is 4.90. The van der Waals surface area contributed by atoms with Gasteiger partial charge >= 0.3 is 6.61 Å². The van der Waals surface area contributed by atoms with Crippen LogP contribution < -0.4 is 10.1 Å². The van der Waals surface area contributed by atoms with E-state index in [2.05, 4.69) is 15.0 Å². The molecule has 0 aliphatic rings. The molecule has 0 saturated heterocycles. The molecule has 2 aromatic rings. The first-order valence-electron chi connectivity index (χ1n) is 6.55. The number of nitrogens with one attached hydrogen (secondary N) is 1. The monoisotopic (exact) mass is 315 g/mol. The van der Waals surface area contributed by atoms with Gasteiger partial charge in [-0.1, -0.05) is 11.6 Å². The van der Waals surface area contributed by atoms with Gasteiger partial charge in [0.05, 0.1) is 6.33 Å². The maximum absolute atomic E-state index is 12.3. The molecule has 0 saturated carbocycles. The van der Waals surface area contributed by atoms with Crippen molar-refractivity contribution in [3.8, 4) is 5.75 Å². The lowest BCUT2D eigenvalue weighted by molar-refractivity contribution is -0.0504. The van der Waals surface area contributed by atoms with Crippen molar-refractivity contribution in [1.29, 1.82) is 0 Å². The summed E-state index contributed by atoms with van der Waals surface area (Å²) in [7, 11) is 0. The van der Waals surface area contributed by atoms with Crippen LogP contribution >= 0.6 is 11.6 Å². The molecule has 1 aromatic heterocycles. The molecule has 2 rings (SSSR count). The number of alkyl halides is 2. The van der Waals surface area contributed by atoms with Gasteiger partial charge in [0, 0.05) is 36.1 Å². The summed E-state index contributed by atoms with van der Waals surface area (Å²) in [4.78, 5) is 3.96. The number of nitrogens with zero attached hydrogens (tertiary/aromatic N) is 2. The summed E-state index contributed by atoms with van der Waals surface area (Å²) in [5.41, 5.74) is 0.616. The molecular formula is C14H16ClF2N3O. The van der Waals surface area contributed by atoms with Crippen LogP contribution in [-0.2, 0) is 13.1 Å². The van der Waals surface area contributed by atoms with Crippen molar-refractivity contribution >= 4 is 11.6 Å². The van der Waals surface area contributed by atoms with Crippen molar-refractivity contribution in [2.75, 3.05) is 6.54 Å². The summed E-state index contributed by atoms with van der Waals surface area (Å²) in [6.45, 7) is -0.819. The molecule has 0 fully saturated rings. The van der Waals surface area contributed by atoms with Crippen LogP contribution in [0.3, 0.4) is 0 Å². The Morgan fingerprint density at radius 3 is 2.95 bits per heavy atom. The van der Waals surface area contributed by atoms with Gasteiger partial charge in [-0.05, 0) is 31.2 Å². The van der Waals surface area contributed by atoms with E-state index < -0.39 is 6.61 Å². The lowest BCUT2D eigenvalue weighted by Crippen LogP contribution is -2.17. The minimum absolute atomic E-state index is 0.150. The Hall–Kier alpha value is -1.66. The van der Waals surface area contributed by atoms with Gasteiger partial charge in [0.1, 0.15) is 5.75 Å². The van der Waals surface area contributed by atoms with Gasteiger partial charge in [-0.3, -0.25) is 0 Å². The normalized spacial score (nSPS) is 11.0. The first-order chi connectivity index (χ1) is 10.1. The van der Waals surface area contributed by atoms with E-state index >= 15 is 0 Å². The molecular weight excluding hydrogens is 300 g/mol. The van der Waals surface area contributed by atoms with Crippen molar-refractivity contribution in [2.45, 2.75) is 26.1 Å². The van der Waals surface area contributed by atoms with Crippen LogP contribution in [0.25, 0.3) is 0 Å². The molecule has 0 aliphatic carbocycles. The summed E-state index contributed by atoms with van der Waals surface area (Å²) in [6.07, 6.45) is 6.28. The predicted molar refractivity (Wildman–Crippen MR) is 76.6 cm³/mol. The smallest absolute Gasteiger partial charge is 0.387 e. The van der Waals surface area contributed by atoms with Crippen molar-refractivity contribution in [1.82, 2.24) is 14.9 Å². The Kier molecular flexibility index (Phi) is 5.95. The highest BCUT2D eigenvalue weighted by molar-refractivity contribution is 6.30. The number of hydrogen-bond acceptors (Lipinski definition) is 3. The number of rotatable bonds is 8. The minimum atomic E-state index is -2.84. The van der Waals surface area contributed by atoms with E-state index in [4.69, 9.17) is 11.6 Å². The average Bonchev–Trinajstić information content (AvgIpc) is 2.94. The van der Waals surface area contributed by atoms with E-state index in [-0.39, 0.29) is 5.75 Å². The molecule has 0 bridgehead atoms. The van der Waals surface area contributed by atoms with Crippen molar-refractivity contribution in [2.24, 2.45) is 0 Å². The second-order valence-electron chi connectivity index (χ2n) is 4.46. The number of ether oxygens (including phenoxy) is 1. The highest BCUT2D eigenvalue weighted by Gasteiger charge is 2.09. The number of benzene rings is 1. The third-order valence-electron chi connectivity index (χ3n) is 2.88. The van der Waals surface area contributed by atoms with Crippen LogP contribution in [0.4, 0.5) is 8.78 Å². The maximum Gasteiger partial charge on any atom is 0.387 e. The Balaban J connectivity index is 1.80. The van der Waals surface area contributed by atoms with E-state index in [9.17, 15) is 8.78 Å². The third-order valence-corrected chi connectivity index (χ3v) is 3.12. The number of imidazole rings is 1. The molecule has 114 valence electrons. The Morgan fingerprint density at radius 1 is 1.38 bits per heavy atom. The highest BCUT2D eigenvalue weighted by Crippen LogP contribution is 2.24. The molecule has 1 aromatic carbocycles. The molecule has 0 amide bonds. The summed E-state index contributed by atoms with van der Waals surface area (Å²) in [6, 6.07) is 4.61. The molecule has 0 radical (unpaired) electrons. The first-order valence-corrected chi connectivity index (χ1v) is 6.92. The zero-order valence-electron chi connectivity index (χ0n) is 11.3. The average molecular weight is 316 g/mol. The van der Waals surface area contributed by atoms with Crippen molar-refractivity contribution < 1.29 is 13.5 Å². The third kappa shape index (κ3) is 5.32. The molecule has 0 unspecified atom stereocenters. The number of aryl methyl sites for hydroxylation is 1. The van der Waals surface area contributed by atoms with Gasteiger partial charge in [0.25, 0.3) is 0 Å². The molecule has 0 atom stereocenters. The molecule has 1 N–H and O–H groups in total. The predicted octanol–water partition coefficient (Wildman–Crippen LogP) is 3.32. The second kappa shape index (κ2) is 7.95. The fraction of sp³-hybridized carbons (Fsp3) is 0.357. The summed E-state index contributed by atoms with van der Waals surface area (Å²) < 4.78 is 31.1. The Labute approximate surface area is 126 Å². The highest BCUT2D eigenvalue weighted by atomic mass is 35.5. The SMILES string of the molecule is FC(F)Oc1ccc(Cl)cc1CNCCCn1ccnc1. The molecule has 0 spiro atoms. The van der Waals surface area contributed by atoms with Gasteiger partial charge in [0.15, 0.2) is 0 Å². The topological polar surface area (TPSA) is 39.1 Å². The van der Waals surface area contributed by atoms with Gasteiger partial charge in [-0.15, -0.1) is 0 Å². The summed E-state index contributed by atoms with van der Waals surface area (Å²) >= 11 is 5.88. The quantitative estimate of drug-likeness (QED) is 0.760. The first kappa shape index (κ1) is 15.7. The van der Waals surface area contributed by atoms with Crippen LogP contribution in [0.15, 0.2) is 36.9 Å². The zero-order chi connectivity index (χ0) is 15.1. The van der Waals surface area contributed by atoms with Crippen LogP contribution in [0, 0.1) is 0 Å². The van der Waals surface area contributed by atoms with E-state index in [1.165, 1.54) is 12.1 Å². The van der Waals surface area contributed by atoms with Crippen LogP contribution in [0.5, 0.6) is 5.75 Å². The molecule has 4 nitrogen and oxygen atoms in total. The fourth-order valence-corrected chi connectivity index (χ4v) is 2.12. The number of hydrogen-bond donors (Lipinski definition) is 1. The number of halogens is 3. The number of aromatic nitrogens is 2. The molecule has 1 heterocycles. The van der Waals surface area contributed by atoms with Crippen molar-refractivity contribution in [3.63, 3.8) is 0 Å². The minimum Gasteiger partial charge on any atom is -0.434 e. The van der Waals surface area contributed by atoms with Gasteiger partial charge < -0.3 is 14.6 Å². The lowest BCUT2D eigenvalue weighted by atomic mass is 10.2. The lowest BCUT2D eigenvalue weighted by Gasteiger charge is -2.12. The molecule has 0 aliphatic heterocycles. The maximum atomic E-state index is 12.3.